The largest absolute Gasteiger partial charge is 0.311 e. The summed E-state index contributed by atoms with van der Waals surface area (Å²) in [6.07, 6.45) is 0. The number of thiophene rings is 1. The zero-order valence-electron chi connectivity index (χ0n) is 55.7. The highest BCUT2D eigenvalue weighted by Crippen LogP contribution is 2.65. The van der Waals surface area contributed by atoms with Crippen LogP contribution in [0.25, 0.3) is 20.9 Å². The van der Waals surface area contributed by atoms with Gasteiger partial charge in [-0.25, -0.2) is 0 Å². The summed E-state index contributed by atoms with van der Waals surface area (Å²) in [6, 6.07) is 72.0. The molecule has 0 N–H and O–H groups in total. The first-order valence-corrected chi connectivity index (χ1v) is 33.3. The summed E-state index contributed by atoms with van der Waals surface area (Å²) < 4.78 is 0. The zero-order valence-corrected chi connectivity index (χ0v) is 56.5. The molecule has 10 aromatic rings. The van der Waals surface area contributed by atoms with Crippen molar-refractivity contribution in [3.05, 3.63) is 215 Å². The van der Waals surface area contributed by atoms with Crippen LogP contribution in [0.2, 0.25) is 0 Å². The van der Waals surface area contributed by atoms with Gasteiger partial charge in [0.05, 0.1) is 32.5 Å². The Morgan fingerprint density at radius 3 is 1.01 bits per heavy atom. The molecule has 0 saturated heterocycles. The molecule has 0 radical (unpaired) electrons. The Morgan fingerprint density at radius 1 is 0.258 bits per heavy atom. The third kappa shape index (κ3) is 8.82. The molecule has 0 unspecified atom stereocenters. The molecule has 6 heterocycles. The number of hydrogen-bond donors (Lipinski definition) is 0. The van der Waals surface area contributed by atoms with Crippen molar-refractivity contribution in [2.24, 2.45) is 0 Å². The van der Waals surface area contributed by atoms with E-state index in [0.717, 1.165) is 0 Å². The van der Waals surface area contributed by atoms with E-state index >= 15 is 0 Å². The van der Waals surface area contributed by atoms with Gasteiger partial charge in [0.25, 0.3) is 13.4 Å². The Hall–Kier alpha value is -7.99. The summed E-state index contributed by atoms with van der Waals surface area (Å²) in [5.41, 5.74) is 33.0. The van der Waals surface area contributed by atoms with E-state index in [9.17, 15) is 0 Å². The molecule has 0 aliphatic carbocycles. The molecule has 1 aromatic heterocycles. The second kappa shape index (κ2) is 19.3. The number of hydrogen-bond acceptors (Lipinski definition) is 5. The highest BCUT2D eigenvalue weighted by molar-refractivity contribution is 7.20. The van der Waals surface area contributed by atoms with E-state index in [1.807, 2.05) is 11.3 Å². The minimum atomic E-state index is -0.0876. The fraction of sp³-hybridized carbons (Fsp3) is 0.293. The molecule has 0 amide bonds. The molecular formula is C82H84B2N4S. The van der Waals surface area contributed by atoms with Crippen LogP contribution in [0.5, 0.6) is 0 Å². The molecule has 0 saturated carbocycles. The molecular weight excluding hydrogens is 1090 g/mol. The summed E-state index contributed by atoms with van der Waals surface area (Å²) >= 11 is 1.94. The first-order chi connectivity index (χ1) is 42.0. The van der Waals surface area contributed by atoms with Crippen LogP contribution >= 0.6 is 11.3 Å². The van der Waals surface area contributed by atoms with Gasteiger partial charge in [0.2, 0.25) is 0 Å². The molecule has 0 fully saturated rings. The van der Waals surface area contributed by atoms with Gasteiger partial charge in [-0.1, -0.05) is 246 Å². The third-order valence-electron chi connectivity index (χ3n) is 20.0. The lowest BCUT2D eigenvalue weighted by Crippen LogP contribution is -2.65. The topological polar surface area (TPSA) is 13.0 Å². The first-order valence-electron chi connectivity index (χ1n) is 32.5. The van der Waals surface area contributed by atoms with Gasteiger partial charge in [-0.15, -0.1) is 11.3 Å². The predicted molar refractivity (Wildman–Crippen MR) is 389 cm³/mol. The monoisotopic (exact) mass is 1180 g/mol. The minimum Gasteiger partial charge on any atom is -0.311 e. The van der Waals surface area contributed by atoms with Crippen molar-refractivity contribution >= 4 is 126 Å². The summed E-state index contributed by atoms with van der Waals surface area (Å²) in [5, 5.41) is 0. The third-order valence-corrected chi connectivity index (χ3v) is 21.3. The van der Waals surface area contributed by atoms with Crippen LogP contribution in [0.3, 0.4) is 0 Å². The summed E-state index contributed by atoms with van der Waals surface area (Å²) in [6.45, 7) is 42.4. The highest BCUT2D eigenvalue weighted by Gasteiger charge is 2.54. The van der Waals surface area contributed by atoms with Crippen LogP contribution in [-0.2, 0) is 32.5 Å². The molecule has 4 nitrogen and oxygen atoms in total. The van der Waals surface area contributed by atoms with Crippen LogP contribution in [0, 0.1) is 0 Å². The van der Waals surface area contributed by atoms with E-state index in [2.05, 4.69) is 326 Å². The standard InChI is InChI=1S/C82H84B2N4S/c1-77(2,3)51-36-40-63-62(47-51)84-61-39-38-60-71-72(61)88(67-34-25-31-64(70(67)84)85(63)57-43-53(79(7,8)9)41-54(44-57)80(10,11)12)74-73(75(49-27-21-19-22-28-49)89-76(74)50-29-23-20-24-30-50)87(71)66-33-26-32-65-69(66)83(60)59-37-35-52(78(4,5)6)48-68(59)86(65)58-45-55(81(13,14)15)42-56(46-58)82(16,17)18/h19-48H,1-18H3. The van der Waals surface area contributed by atoms with Gasteiger partial charge in [0.15, 0.2) is 0 Å². The quantitative estimate of drug-likeness (QED) is 0.163. The van der Waals surface area contributed by atoms with Crippen LogP contribution in [-0.4, -0.2) is 13.4 Å². The van der Waals surface area contributed by atoms with Gasteiger partial charge in [-0.3, -0.25) is 0 Å². The number of benzene rings is 9. The number of fused-ring (bicyclic) bond motifs is 11. The van der Waals surface area contributed by atoms with Gasteiger partial charge < -0.3 is 19.6 Å². The van der Waals surface area contributed by atoms with E-state index in [0.29, 0.717) is 0 Å². The van der Waals surface area contributed by atoms with E-state index < -0.39 is 0 Å². The highest BCUT2D eigenvalue weighted by atomic mass is 32.1. The maximum Gasteiger partial charge on any atom is 0.252 e. The molecule has 9 aromatic carbocycles. The van der Waals surface area contributed by atoms with Crippen LogP contribution in [0.15, 0.2) is 182 Å². The molecule has 89 heavy (non-hydrogen) atoms. The molecule has 444 valence electrons. The van der Waals surface area contributed by atoms with Crippen molar-refractivity contribution in [2.45, 2.75) is 157 Å². The van der Waals surface area contributed by atoms with E-state index in [4.69, 9.17) is 0 Å². The zero-order chi connectivity index (χ0) is 62.6. The van der Waals surface area contributed by atoms with Crippen LogP contribution in [0.4, 0.5) is 68.2 Å². The van der Waals surface area contributed by atoms with Gasteiger partial charge in [-0.05, 0) is 170 Å². The Bertz CT molecular complexity index is 4520. The molecule has 15 rings (SSSR count). The maximum absolute atomic E-state index is 2.77. The fourth-order valence-electron chi connectivity index (χ4n) is 15.0. The first kappa shape index (κ1) is 57.4. The van der Waals surface area contributed by atoms with Gasteiger partial charge in [-0.2, -0.15) is 0 Å². The van der Waals surface area contributed by atoms with Crippen molar-refractivity contribution in [1.82, 2.24) is 0 Å². The van der Waals surface area contributed by atoms with E-state index in [1.165, 1.54) is 155 Å². The lowest BCUT2D eigenvalue weighted by Gasteiger charge is -2.52. The fourth-order valence-corrected chi connectivity index (χ4v) is 16.3. The molecule has 5 aliphatic rings. The van der Waals surface area contributed by atoms with Crippen molar-refractivity contribution < 1.29 is 0 Å². The molecule has 0 bridgehead atoms. The summed E-state index contributed by atoms with van der Waals surface area (Å²) in [4.78, 5) is 13.3. The average Bonchev–Trinajstić information content (AvgIpc) is 1.60. The van der Waals surface area contributed by atoms with Gasteiger partial charge in [0.1, 0.15) is 0 Å². The summed E-state index contributed by atoms with van der Waals surface area (Å²) in [5.74, 6) is 0. The number of anilines is 12. The molecule has 0 atom stereocenters. The lowest BCUT2D eigenvalue weighted by atomic mass is 9.30. The van der Waals surface area contributed by atoms with Crippen LogP contribution < -0.4 is 52.4 Å². The second-order valence-electron chi connectivity index (χ2n) is 32.3. The molecule has 0 spiro atoms. The Kier molecular flexibility index (Phi) is 12.4. The van der Waals surface area contributed by atoms with Crippen molar-refractivity contribution in [1.29, 1.82) is 0 Å². The summed E-state index contributed by atoms with van der Waals surface area (Å²) in [7, 11) is 0. The van der Waals surface area contributed by atoms with Crippen LogP contribution in [0.1, 0.15) is 158 Å². The van der Waals surface area contributed by atoms with Crippen molar-refractivity contribution in [3.8, 4) is 20.9 Å². The molecule has 5 aliphatic heterocycles. The van der Waals surface area contributed by atoms with Gasteiger partial charge >= 0.3 is 0 Å². The number of nitrogens with zero attached hydrogens (tertiary/aromatic N) is 4. The van der Waals surface area contributed by atoms with Crippen molar-refractivity contribution in [3.63, 3.8) is 0 Å². The second-order valence-corrected chi connectivity index (χ2v) is 33.4. The van der Waals surface area contributed by atoms with Gasteiger partial charge in [0, 0.05) is 45.5 Å². The maximum atomic E-state index is 2.77. The van der Waals surface area contributed by atoms with Crippen molar-refractivity contribution in [2.75, 3.05) is 19.6 Å². The van der Waals surface area contributed by atoms with E-state index in [-0.39, 0.29) is 45.9 Å². The lowest BCUT2D eigenvalue weighted by molar-refractivity contribution is 0.568. The Balaban J connectivity index is 1.08. The van der Waals surface area contributed by atoms with E-state index in [1.54, 1.807) is 0 Å². The number of rotatable bonds is 4. The predicted octanol–water partition coefficient (Wildman–Crippen LogP) is 19.3. The average molecular weight is 1180 g/mol. The Morgan fingerprint density at radius 2 is 0.607 bits per heavy atom. The smallest absolute Gasteiger partial charge is 0.252 e. The molecule has 7 heteroatoms. The normalized spacial score (nSPS) is 14.7. The SMILES string of the molecule is CC(C)(C)c1cc(N2c3ccc(C(C)(C)C)cc3B3c4ccc5c6c4N(c4cccc2c43)c2c(-c3ccccc3)sc(-c3ccccc3)c2N6c2cccc3c2B5c2ccc(C(C)(C)C)cc2N3c2cc(C(C)(C)C)cc(C(C)(C)C)c2)cc(C(C)(C)C)c1. The minimum absolute atomic E-state index is 0.0665. The Labute approximate surface area is 535 Å².